The molecule has 0 aromatic heterocycles. The summed E-state index contributed by atoms with van der Waals surface area (Å²) < 4.78 is 0. The molecule has 0 aliphatic heterocycles. The van der Waals surface area contributed by atoms with Crippen LogP contribution in [0.1, 0.15) is 73.1 Å². The van der Waals surface area contributed by atoms with Gasteiger partial charge in [0.15, 0.2) is 0 Å². The first-order valence-corrected chi connectivity index (χ1v) is 11.6. The van der Waals surface area contributed by atoms with Crippen LogP contribution in [0.15, 0.2) is 0 Å². The van der Waals surface area contributed by atoms with Gasteiger partial charge in [0.25, 0.3) is 0 Å². The third-order valence-electron chi connectivity index (χ3n) is 5.74. The third-order valence-corrected chi connectivity index (χ3v) is 5.74. The van der Waals surface area contributed by atoms with E-state index in [1.54, 1.807) is 6.92 Å². The molecule has 4 atom stereocenters. The molecule has 0 aromatic carbocycles. The Morgan fingerprint density at radius 2 is 1.70 bits per heavy atom. The minimum Gasteiger partial charge on any atom is -0.392 e. The van der Waals surface area contributed by atoms with Crippen LogP contribution in [0.25, 0.3) is 0 Å². The van der Waals surface area contributed by atoms with Crippen LogP contribution in [-0.2, 0) is 19.2 Å². The lowest BCUT2D eigenvalue weighted by Crippen LogP contribution is -2.53. The molecule has 0 heterocycles. The highest BCUT2D eigenvalue weighted by Gasteiger charge is 2.32. The molecule has 0 aromatic rings. The SMILES string of the molecule is CCCC[C@@H](C)[C@@H](O)CC(=O)N[C@@H](CC)C(=O)N(C)CC(=O)N(C)[C@@H](CC(C)(C)O)C(N)=O. The fourth-order valence-electron chi connectivity index (χ4n) is 3.44. The zero-order chi connectivity index (χ0) is 25.9. The van der Waals surface area contributed by atoms with Gasteiger partial charge in [0, 0.05) is 20.5 Å². The van der Waals surface area contributed by atoms with Crippen LogP contribution < -0.4 is 11.1 Å². The number of amides is 4. The van der Waals surface area contributed by atoms with Crippen LogP contribution in [-0.4, -0.2) is 88.1 Å². The Bertz CT molecular complexity index is 664. The Labute approximate surface area is 197 Å². The Morgan fingerprint density at radius 3 is 2.15 bits per heavy atom. The zero-order valence-corrected chi connectivity index (χ0v) is 21.3. The Kier molecular flexibility index (Phi) is 13.2. The summed E-state index contributed by atoms with van der Waals surface area (Å²) in [5.74, 6) is -2.20. The minimum atomic E-state index is -1.22. The van der Waals surface area contributed by atoms with E-state index in [1.165, 1.54) is 32.8 Å². The minimum absolute atomic E-state index is 0.0237. The third kappa shape index (κ3) is 11.5. The van der Waals surface area contributed by atoms with Gasteiger partial charge >= 0.3 is 0 Å². The number of nitrogens with zero attached hydrogens (tertiary/aromatic N) is 2. The number of rotatable bonds is 15. The number of likely N-dealkylation sites (N-methyl/N-ethyl adjacent to an activating group) is 2. The number of hydrogen-bond acceptors (Lipinski definition) is 6. The monoisotopic (exact) mass is 472 g/mol. The van der Waals surface area contributed by atoms with Crippen molar-refractivity contribution >= 4 is 23.6 Å². The molecule has 10 heteroatoms. The van der Waals surface area contributed by atoms with E-state index in [4.69, 9.17) is 5.73 Å². The van der Waals surface area contributed by atoms with E-state index in [1.807, 2.05) is 6.92 Å². The first-order chi connectivity index (χ1) is 15.1. The summed E-state index contributed by atoms with van der Waals surface area (Å²) in [6, 6.07) is -1.87. The first kappa shape index (κ1) is 30.8. The normalized spacial score (nSPS) is 15.2. The number of aliphatic hydroxyl groups excluding tert-OH is 1. The average molecular weight is 473 g/mol. The van der Waals surface area contributed by atoms with Gasteiger partial charge in [0.05, 0.1) is 24.7 Å². The summed E-state index contributed by atoms with van der Waals surface area (Å²) in [6.07, 6.45) is 2.16. The van der Waals surface area contributed by atoms with Crippen molar-refractivity contribution in [2.75, 3.05) is 20.6 Å². The Morgan fingerprint density at radius 1 is 1.12 bits per heavy atom. The summed E-state index contributed by atoms with van der Waals surface area (Å²) in [7, 11) is 2.82. The van der Waals surface area contributed by atoms with Crippen molar-refractivity contribution in [1.29, 1.82) is 0 Å². The van der Waals surface area contributed by atoms with Gasteiger partial charge in [-0.1, -0.05) is 33.6 Å². The molecule has 0 aliphatic rings. The van der Waals surface area contributed by atoms with E-state index in [0.717, 1.165) is 24.2 Å². The standard InChI is InChI=1S/C23H44N4O6/c1-8-10-11-15(3)18(28)12-19(29)25-16(9-2)22(32)26(6)14-20(30)27(7)17(21(24)31)13-23(4,5)33/h15-18,28,33H,8-14H2,1-7H3,(H2,24,31)(H,25,29)/t15-,16+,17+,18+/m1/s1. The number of carbonyl (C=O) groups is 4. The highest BCUT2D eigenvalue weighted by atomic mass is 16.3. The van der Waals surface area contributed by atoms with Gasteiger partial charge < -0.3 is 31.1 Å². The maximum absolute atomic E-state index is 12.8. The molecular formula is C23H44N4O6. The summed E-state index contributed by atoms with van der Waals surface area (Å²) in [6.45, 7) is 8.37. The molecule has 0 saturated heterocycles. The smallest absolute Gasteiger partial charge is 0.245 e. The summed E-state index contributed by atoms with van der Waals surface area (Å²) in [5.41, 5.74) is 4.18. The number of nitrogens with two attached hydrogens (primary N) is 1. The molecule has 10 nitrogen and oxygen atoms in total. The lowest BCUT2D eigenvalue weighted by Gasteiger charge is -2.32. The molecule has 0 rings (SSSR count). The van der Waals surface area contributed by atoms with Crippen molar-refractivity contribution in [3.8, 4) is 0 Å². The molecule has 0 spiro atoms. The molecular weight excluding hydrogens is 428 g/mol. The average Bonchev–Trinajstić information content (AvgIpc) is 2.71. The molecule has 0 saturated carbocycles. The first-order valence-electron chi connectivity index (χ1n) is 11.6. The molecule has 33 heavy (non-hydrogen) atoms. The molecule has 0 fully saturated rings. The van der Waals surface area contributed by atoms with Crippen molar-refractivity contribution in [3.05, 3.63) is 0 Å². The van der Waals surface area contributed by atoms with Crippen LogP contribution in [0.4, 0.5) is 0 Å². The number of nitrogens with one attached hydrogen (secondary N) is 1. The molecule has 192 valence electrons. The zero-order valence-electron chi connectivity index (χ0n) is 21.3. The van der Waals surface area contributed by atoms with E-state index < -0.39 is 47.4 Å². The van der Waals surface area contributed by atoms with Crippen molar-refractivity contribution in [3.63, 3.8) is 0 Å². The summed E-state index contributed by atoms with van der Waals surface area (Å²) in [5, 5.41) is 22.9. The van der Waals surface area contributed by atoms with Gasteiger partial charge in [-0.2, -0.15) is 0 Å². The van der Waals surface area contributed by atoms with Crippen LogP contribution >= 0.6 is 0 Å². The topological polar surface area (TPSA) is 153 Å². The van der Waals surface area contributed by atoms with Crippen molar-refractivity contribution < 1.29 is 29.4 Å². The lowest BCUT2D eigenvalue weighted by molar-refractivity contribution is -0.144. The van der Waals surface area contributed by atoms with Crippen LogP contribution in [0.5, 0.6) is 0 Å². The second-order valence-electron chi connectivity index (χ2n) is 9.55. The quantitative estimate of drug-likeness (QED) is 0.270. The van der Waals surface area contributed by atoms with Crippen molar-refractivity contribution in [1.82, 2.24) is 15.1 Å². The molecule has 0 unspecified atom stereocenters. The van der Waals surface area contributed by atoms with Crippen LogP contribution in [0.3, 0.4) is 0 Å². The number of carbonyl (C=O) groups excluding carboxylic acids is 4. The fraction of sp³-hybridized carbons (Fsp3) is 0.826. The Hall–Kier alpha value is -2.20. The van der Waals surface area contributed by atoms with Gasteiger partial charge in [-0.15, -0.1) is 0 Å². The highest BCUT2D eigenvalue weighted by molar-refractivity contribution is 5.92. The predicted molar refractivity (Wildman–Crippen MR) is 126 cm³/mol. The van der Waals surface area contributed by atoms with Gasteiger partial charge in [0.1, 0.15) is 12.1 Å². The van der Waals surface area contributed by atoms with E-state index in [9.17, 15) is 29.4 Å². The number of hydrogen-bond donors (Lipinski definition) is 4. The maximum atomic E-state index is 12.8. The number of primary amides is 1. The molecule has 0 radical (unpaired) electrons. The molecule has 5 N–H and O–H groups in total. The number of aliphatic hydroxyl groups is 2. The van der Waals surface area contributed by atoms with Crippen molar-refractivity contribution in [2.24, 2.45) is 11.7 Å². The van der Waals surface area contributed by atoms with Gasteiger partial charge in [-0.05, 0) is 32.6 Å². The largest absolute Gasteiger partial charge is 0.392 e. The number of unbranched alkanes of at least 4 members (excludes halogenated alkanes) is 1. The van der Waals surface area contributed by atoms with Crippen molar-refractivity contribution in [2.45, 2.75) is 96.9 Å². The van der Waals surface area contributed by atoms with E-state index in [-0.39, 0.29) is 25.3 Å². The Balaban J connectivity index is 5.00. The summed E-state index contributed by atoms with van der Waals surface area (Å²) >= 11 is 0. The van der Waals surface area contributed by atoms with E-state index >= 15 is 0 Å². The molecule has 0 aliphatic carbocycles. The predicted octanol–water partition coefficient (Wildman–Crippen LogP) is 0.390. The second-order valence-corrected chi connectivity index (χ2v) is 9.55. The van der Waals surface area contributed by atoms with Gasteiger partial charge in [-0.3, -0.25) is 19.2 Å². The lowest BCUT2D eigenvalue weighted by atomic mass is 9.95. The maximum Gasteiger partial charge on any atom is 0.245 e. The fourth-order valence-corrected chi connectivity index (χ4v) is 3.44. The van der Waals surface area contributed by atoms with Crippen LogP contribution in [0, 0.1) is 5.92 Å². The molecule has 4 amide bonds. The highest BCUT2D eigenvalue weighted by Crippen LogP contribution is 2.16. The van der Waals surface area contributed by atoms with Gasteiger partial charge in [-0.25, -0.2) is 0 Å². The van der Waals surface area contributed by atoms with E-state index in [2.05, 4.69) is 12.2 Å². The summed E-state index contributed by atoms with van der Waals surface area (Å²) in [4.78, 5) is 51.9. The van der Waals surface area contributed by atoms with E-state index in [0.29, 0.717) is 6.42 Å². The van der Waals surface area contributed by atoms with Crippen LogP contribution in [0.2, 0.25) is 0 Å². The van der Waals surface area contributed by atoms with Gasteiger partial charge in [0.2, 0.25) is 23.6 Å². The molecule has 0 bridgehead atoms. The second kappa shape index (κ2) is 14.1.